The lowest BCUT2D eigenvalue weighted by Gasteiger charge is -2.02. The summed E-state index contributed by atoms with van der Waals surface area (Å²) in [6.07, 6.45) is 1.56. The van der Waals surface area contributed by atoms with Crippen molar-refractivity contribution in [1.82, 2.24) is 20.0 Å². The van der Waals surface area contributed by atoms with E-state index in [1.54, 1.807) is 36.5 Å². The smallest absolute Gasteiger partial charge is 0.274 e. The molecule has 0 spiro atoms. The Balaban J connectivity index is 1.30. The molecule has 1 aliphatic rings. The summed E-state index contributed by atoms with van der Waals surface area (Å²) in [5.41, 5.74) is 2.31. The summed E-state index contributed by atoms with van der Waals surface area (Å²) in [5.74, 6) is 0.712. The summed E-state index contributed by atoms with van der Waals surface area (Å²) in [6.45, 7) is 0.491. The number of rotatable bonds is 5. The number of hydrogen-bond acceptors (Lipinski definition) is 5. The Hall–Kier alpha value is -3.85. The number of carbonyl (C=O) groups is 1. The molecule has 0 fully saturated rings. The fraction of sp³-hybridized carbons (Fsp3) is 0.0952. The number of nitrogens with zero attached hydrogens (tertiary/aromatic N) is 3. The van der Waals surface area contributed by atoms with Crippen molar-refractivity contribution in [1.29, 1.82) is 0 Å². The Kier molecular flexibility index (Phi) is 4.79. The van der Waals surface area contributed by atoms with Gasteiger partial charge >= 0.3 is 0 Å². The second-order valence-electron chi connectivity index (χ2n) is 6.84. The van der Waals surface area contributed by atoms with Gasteiger partial charge in [0, 0.05) is 11.8 Å². The molecule has 0 bridgehead atoms. The average molecular weight is 440 g/mol. The first-order chi connectivity index (χ1) is 15.0. The van der Waals surface area contributed by atoms with Crippen LogP contribution in [0.4, 0.5) is 10.2 Å². The average Bonchev–Trinajstić information content (AvgIpc) is 3.48. The van der Waals surface area contributed by atoms with Crippen LogP contribution in [0.25, 0.3) is 11.3 Å². The fourth-order valence-electron chi connectivity index (χ4n) is 3.20. The molecule has 0 aliphatic carbocycles. The summed E-state index contributed by atoms with van der Waals surface area (Å²) >= 11 is 6.21. The largest absolute Gasteiger partial charge is 0.454 e. The molecular weight excluding hydrogens is 425 g/mol. The summed E-state index contributed by atoms with van der Waals surface area (Å²) < 4.78 is 25.6. The molecule has 2 aromatic carbocycles. The van der Waals surface area contributed by atoms with E-state index < -0.39 is 5.91 Å². The van der Waals surface area contributed by atoms with Crippen molar-refractivity contribution in [3.63, 3.8) is 0 Å². The lowest BCUT2D eigenvalue weighted by atomic mass is 10.1. The second kappa shape index (κ2) is 7.77. The first-order valence-electron chi connectivity index (χ1n) is 9.29. The molecule has 1 aliphatic heterocycles. The van der Waals surface area contributed by atoms with Crippen LogP contribution in [-0.2, 0) is 6.54 Å². The molecule has 0 saturated heterocycles. The number of halogens is 2. The van der Waals surface area contributed by atoms with Crippen molar-refractivity contribution in [2.45, 2.75) is 6.54 Å². The van der Waals surface area contributed by atoms with Crippen molar-refractivity contribution in [2.75, 3.05) is 12.1 Å². The molecule has 1 amide bonds. The van der Waals surface area contributed by atoms with Crippen molar-refractivity contribution >= 4 is 23.3 Å². The highest BCUT2D eigenvalue weighted by molar-refractivity contribution is 6.33. The van der Waals surface area contributed by atoms with E-state index in [0.29, 0.717) is 23.7 Å². The van der Waals surface area contributed by atoms with E-state index in [4.69, 9.17) is 21.1 Å². The summed E-state index contributed by atoms with van der Waals surface area (Å²) in [6, 6.07) is 13.2. The molecule has 2 aromatic heterocycles. The molecule has 3 heterocycles. The van der Waals surface area contributed by atoms with E-state index in [1.165, 1.54) is 16.8 Å². The third-order valence-corrected chi connectivity index (χ3v) is 4.95. The van der Waals surface area contributed by atoms with Gasteiger partial charge in [0.05, 0.1) is 12.2 Å². The minimum Gasteiger partial charge on any atom is -0.454 e. The highest BCUT2D eigenvalue weighted by atomic mass is 35.5. The number of H-pyrrole nitrogens is 1. The zero-order valence-corrected chi connectivity index (χ0v) is 16.7. The lowest BCUT2D eigenvalue weighted by Crippen LogP contribution is -2.13. The molecule has 0 saturated carbocycles. The van der Waals surface area contributed by atoms with Gasteiger partial charge in [-0.2, -0.15) is 10.2 Å². The first-order valence-corrected chi connectivity index (χ1v) is 9.67. The molecule has 0 radical (unpaired) electrons. The van der Waals surface area contributed by atoms with Crippen LogP contribution in [-0.4, -0.2) is 32.7 Å². The Morgan fingerprint density at radius 2 is 2.06 bits per heavy atom. The molecule has 10 heteroatoms. The maximum Gasteiger partial charge on any atom is 0.274 e. The van der Waals surface area contributed by atoms with Crippen LogP contribution in [0.15, 0.2) is 54.7 Å². The van der Waals surface area contributed by atoms with Gasteiger partial charge in [-0.3, -0.25) is 14.6 Å². The third kappa shape index (κ3) is 3.95. The van der Waals surface area contributed by atoms with Gasteiger partial charge in [-0.25, -0.2) is 4.39 Å². The van der Waals surface area contributed by atoms with Gasteiger partial charge in [-0.05, 0) is 42.0 Å². The third-order valence-electron chi connectivity index (χ3n) is 4.67. The maximum absolute atomic E-state index is 13.4. The first kappa shape index (κ1) is 19.1. The van der Waals surface area contributed by atoms with Gasteiger partial charge in [0.2, 0.25) is 6.79 Å². The van der Waals surface area contributed by atoms with E-state index in [1.807, 2.05) is 6.07 Å². The Bertz CT molecular complexity index is 1290. The zero-order chi connectivity index (χ0) is 21.4. The van der Waals surface area contributed by atoms with Gasteiger partial charge < -0.3 is 14.8 Å². The molecule has 8 nitrogen and oxygen atoms in total. The van der Waals surface area contributed by atoms with Crippen LogP contribution < -0.4 is 14.8 Å². The van der Waals surface area contributed by atoms with Crippen LogP contribution in [0.3, 0.4) is 0 Å². The molecule has 0 atom stereocenters. The summed E-state index contributed by atoms with van der Waals surface area (Å²) in [4.78, 5) is 12.6. The van der Waals surface area contributed by atoms with Gasteiger partial charge in [0.15, 0.2) is 17.3 Å². The standard InChI is InChI=1S/C21H15ClFN5O3/c22-15-10-28(9-12-2-1-3-14(23)6-12)27-20(15)24-21(29)17-8-16(25-26-17)13-4-5-18-19(7-13)31-11-30-18/h1-8,10H,9,11H2,(H,25,26)(H,24,27,29). The highest BCUT2D eigenvalue weighted by Gasteiger charge is 2.18. The summed E-state index contributed by atoms with van der Waals surface area (Å²) in [7, 11) is 0. The SMILES string of the molecule is O=C(Nc1nn(Cc2cccc(F)c2)cc1Cl)c1cc(-c2ccc3c(c2)OCO3)n[nH]1. The van der Waals surface area contributed by atoms with Crippen molar-refractivity contribution in [3.05, 3.63) is 76.8 Å². The number of aromatic nitrogens is 4. The molecular formula is C21H15ClFN5O3. The van der Waals surface area contributed by atoms with Crippen LogP contribution in [0.5, 0.6) is 11.5 Å². The molecule has 5 rings (SSSR count). The van der Waals surface area contributed by atoms with Crippen LogP contribution in [0, 0.1) is 5.82 Å². The van der Waals surface area contributed by atoms with Gasteiger partial charge in [-0.15, -0.1) is 0 Å². The second-order valence-corrected chi connectivity index (χ2v) is 7.25. The van der Waals surface area contributed by atoms with E-state index in [-0.39, 0.29) is 29.1 Å². The normalized spacial score (nSPS) is 12.2. The Morgan fingerprint density at radius 3 is 2.94 bits per heavy atom. The molecule has 4 aromatic rings. The number of nitrogens with one attached hydrogen (secondary N) is 2. The number of anilines is 1. The van der Waals surface area contributed by atoms with Gasteiger partial charge in [-0.1, -0.05) is 23.7 Å². The van der Waals surface area contributed by atoms with Crippen LogP contribution in [0.1, 0.15) is 16.1 Å². The lowest BCUT2D eigenvalue weighted by molar-refractivity contribution is 0.102. The number of aromatic amines is 1. The quantitative estimate of drug-likeness (QED) is 0.488. The predicted molar refractivity (Wildman–Crippen MR) is 111 cm³/mol. The number of hydrogen-bond donors (Lipinski definition) is 2. The number of amides is 1. The molecule has 31 heavy (non-hydrogen) atoms. The Labute approximate surface area is 180 Å². The predicted octanol–water partition coefficient (Wildman–Crippen LogP) is 4.10. The van der Waals surface area contributed by atoms with Crippen molar-refractivity contribution in [2.24, 2.45) is 0 Å². The molecule has 0 unspecified atom stereocenters. The Morgan fingerprint density at radius 1 is 1.19 bits per heavy atom. The van der Waals surface area contributed by atoms with Crippen molar-refractivity contribution in [3.8, 4) is 22.8 Å². The van der Waals surface area contributed by atoms with E-state index in [0.717, 1.165) is 11.1 Å². The zero-order valence-electron chi connectivity index (χ0n) is 15.9. The summed E-state index contributed by atoms with van der Waals surface area (Å²) in [5, 5.41) is 14.1. The highest BCUT2D eigenvalue weighted by Crippen LogP contribution is 2.35. The number of carbonyl (C=O) groups excluding carboxylic acids is 1. The fourth-order valence-corrected chi connectivity index (χ4v) is 3.40. The van der Waals surface area contributed by atoms with E-state index in [2.05, 4.69) is 20.6 Å². The van der Waals surface area contributed by atoms with Crippen LogP contribution >= 0.6 is 11.6 Å². The van der Waals surface area contributed by atoms with E-state index >= 15 is 0 Å². The minimum absolute atomic E-state index is 0.180. The number of fused-ring (bicyclic) bond motifs is 1. The van der Waals surface area contributed by atoms with Gasteiger partial charge in [0.1, 0.15) is 16.5 Å². The number of benzene rings is 2. The minimum atomic E-state index is -0.447. The monoisotopic (exact) mass is 439 g/mol. The van der Waals surface area contributed by atoms with Gasteiger partial charge in [0.25, 0.3) is 5.91 Å². The maximum atomic E-state index is 13.4. The molecule has 156 valence electrons. The van der Waals surface area contributed by atoms with E-state index in [9.17, 15) is 9.18 Å². The topological polar surface area (TPSA) is 94.1 Å². The van der Waals surface area contributed by atoms with Crippen LogP contribution in [0.2, 0.25) is 5.02 Å². The number of ether oxygens (including phenoxy) is 2. The van der Waals surface area contributed by atoms with Crippen molar-refractivity contribution < 1.29 is 18.7 Å². The molecule has 2 N–H and O–H groups in total.